The summed E-state index contributed by atoms with van der Waals surface area (Å²) in [5.74, 6) is -0.632. The summed E-state index contributed by atoms with van der Waals surface area (Å²) in [4.78, 5) is 27.5. The number of ether oxygens (including phenoxy) is 3. The lowest BCUT2D eigenvalue weighted by atomic mass is 10.1. The zero-order valence-corrected chi connectivity index (χ0v) is 13.8. The van der Waals surface area contributed by atoms with Gasteiger partial charge in [-0.1, -0.05) is 30.3 Å². The molecule has 0 fully saturated rings. The van der Waals surface area contributed by atoms with E-state index in [-0.39, 0.29) is 18.3 Å². The van der Waals surface area contributed by atoms with Crippen LogP contribution in [0.15, 0.2) is 42.9 Å². The Labute approximate surface area is 140 Å². The first-order valence-electron chi connectivity index (χ1n) is 7.64. The molecule has 1 aromatic heterocycles. The number of hydrogen-bond acceptors (Lipinski definition) is 6. The molecule has 0 saturated carbocycles. The maximum atomic E-state index is 12.3. The van der Waals surface area contributed by atoms with E-state index in [1.807, 2.05) is 37.3 Å². The van der Waals surface area contributed by atoms with Crippen molar-refractivity contribution in [1.82, 2.24) is 9.55 Å². The third-order valence-corrected chi connectivity index (χ3v) is 3.37. The van der Waals surface area contributed by atoms with E-state index in [1.54, 1.807) is 17.8 Å². The highest BCUT2D eigenvalue weighted by molar-refractivity contribution is 5.87. The van der Waals surface area contributed by atoms with Gasteiger partial charge in [-0.25, -0.2) is 14.6 Å². The third kappa shape index (κ3) is 4.34. The zero-order valence-electron chi connectivity index (χ0n) is 13.8. The van der Waals surface area contributed by atoms with Crippen LogP contribution in [-0.4, -0.2) is 34.6 Å². The Morgan fingerprint density at radius 1 is 1.17 bits per heavy atom. The Balaban J connectivity index is 2.06. The number of carbonyl (C=O) groups excluding carboxylic acids is 2. The van der Waals surface area contributed by atoms with E-state index in [1.165, 1.54) is 13.1 Å². The van der Waals surface area contributed by atoms with Gasteiger partial charge >= 0.3 is 12.1 Å². The molecule has 7 heteroatoms. The van der Waals surface area contributed by atoms with Gasteiger partial charge in [-0.05, 0) is 19.4 Å². The molecule has 2 aromatic rings. The Morgan fingerprint density at radius 2 is 1.88 bits per heavy atom. The molecule has 0 amide bonds. The third-order valence-electron chi connectivity index (χ3n) is 3.37. The van der Waals surface area contributed by atoms with Crippen LogP contribution < -0.4 is 0 Å². The minimum absolute atomic E-state index is 0.0995. The van der Waals surface area contributed by atoms with Crippen LogP contribution in [0.2, 0.25) is 0 Å². The fraction of sp³-hybridized carbons (Fsp3) is 0.353. The lowest BCUT2D eigenvalue weighted by molar-refractivity contribution is -0.0816. The molecule has 0 spiro atoms. The van der Waals surface area contributed by atoms with Crippen LogP contribution in [0.5, 0.6) is 0 Å². The summed E-state index contributed by atoms with van der Waals surface area (Å²) in [5.41, 5.74) is 1.30. The molecule has 0 radical (unpaired) electrons. The summed E-state index contributed by atoms with van der Waals surface area (Å²) >= 11 is 0. The van der Waals surface area contributed by atoms with Gasteiger partial charge in [-0.3, -0.25) is 0 Å². The number of carbonyl (C=O) groups is 2. The van der Waals surface area contributed by atoms with Crippen molar-refractivity contribution >= 4 is 12.1 Å². The van der Waals surface area contributed by atoms with Crippen LogP contribution in [0.4, 0.5) is 4.79 Å². The smallest absolute Gasteiger partial charge is 0.435 e. The number of benzene rings is 1. The van der Waals surface area contributed by atoms with Gasteiger partial charge in [0.15, 0.2) is 0 Å². The molecule has 0 aliphatic rings. The number of rotatable bonds is 6. The Bertz CT molecular complexity index is 683. The number of aromatic nitrogens is 2. The molecule has 1 aromatic carbocycles. The maximum Gasteiger partial charge on any atom is 0.511 e. The Morgan fingerprint density at radius 3 is 2.54 bits per heavy atom. The Hall–Kier alpha value is -2.83. The van der Waals surface area contributed by atoms with Gasteiger partial charge < -0.3 is 18.8 Å². The first kappa shape index (κ1) is 17.5. The average Bonchev–Trinajstić information content (AvgIpc) is 3.04. The van der Waals surface area contributed by atoms with Crippen molar-refractivity contribution in [2.45, 2.75) is 33.1 Å². The number of imidazole rings is 1. The highest BCUT2D eigenvalue weighted by atomic mass is 16.8. The van der Waals surface area contributed by atoms with Gasteiger partial charge in [0, 0.05) is 6.92 Å². The summed E-state index contributed by atoms with van der Waals surface area (Å²) in [6.45, 7) is 5.23. The van der Waals surface area contributed by atoms with E-state index in [4.69, 9.17) is 9.47 Å². The first-order valence-corrected chi connectivity index (χ1v) is 7.64. The standard InChI is InChI=1S/C17H20N2O5/c1-4-22-17(21)24-13(3)23-16(20)15-10-18-11-19(15)12(2)14-8-6-5-7-9-14/h5-13H,4H2,1-3H3/t12-,13?/m1/s1. The molecule has 0 aliphatic heterocycles. The normalized spacial score (nSPS) is 13.0. The second-order valence-electron chi connectivity index (χ2n) is 5.05. The number of nitrogens with zero attached hydrogens (tertiary/aromatic N) is 2. The highest BCUT2D eigenvalue weighted by Crippen LogP contribution is 2.20. The minimum Gasteiger partial charge on any atom is -0.435 e. The van der Waals surface area contributed by atoms with E-state index in [0.717, 1.165) is 5.56 Å². The fourth-order valence-corrected chi connectivity index (χ4v) is 2.19. The molecule has 24 heavy (non-hydrogen) atoms. The molecule has 0 saturated heterocycles. The SMILES string of the molecule is CCOC(=O)OC(C)OC(=O)c1cncn1[C@H](C)c1ccccc1. The summed E-state index contributed by atoms with van der Waals surface area (Å²) in [6.07, 6.45) is 1.03. The highest BCUT2D eigenvalue weighted by Gasteiger charge is 2.21. The summed E-state index contributed by atoms with van der Waals surface area (Å²) in [7, 11) is 0. The quantitative estimate of drug-likeness (QED) is 0.597. The van der Waals surface area contributed by atoms with Gasteiger partial charge in [0.25, 0.3) is 0 Å². The molecular weight excluding hydrogens is 312 g/mol. The van der Waals surface area contributed by atoms with Gasteiger partial charge in [-0.15, -0.1) is 0 Å². The van der Waals surface area contributed by atoms with E-state index in [9.17, 15) is 9.59 Å². The second-order valence-corrected chi connectivity index (χ2v) is 5.05. The summed E-state index contributed by atoms with van der Waals surface area (Å²) in [6, 6.07) is 9.61. The molecular formula is C17H20N2O5. The largest absolute Gasteiger partial charge is 0.511 e. The summed E-state index contributed by atoms with van der Waals surface area (Å²) in [5, 5.41) is 0. The summed E-state index contributed by atoms with van der Waals surface area (Å²) < 4.78 is 16.3. The first-order chi connectivity index (χ1) is 11.5. The van der Waals surface area contributed by atoms with Gasteiger partial charge in [0.05, 0.1) is 25.2 Å². The molecule has 0 N–H and O–H groups in total. The predicted octanol–water partition coefficient (Wildman–Crippen LogP) is 3.17. The number of esters is 1. The van der Waals surface area contributed by atoms with Crippen molar-refractivity contribution in [1.29, 1.82) is 0 Å². The van der Waals surface area contributed by atoms with E-state index in [2.05, 4.69) is 9.72 Å². The van der Waals surface area contributed by atoms with Crippen LogP contribution in [0.1, 0.15) is 42.9 Å². The topological polar surface area (TPSA) is 79.7 Å². The zero-order chi connectivity index (χ0) is 17.5. The molecule has 2 rings (SSSR count). The second kappa shape index (κ2) is 8.14. The van der Waals surface area contributed by atoms with Crippen molar-refractivity contribution in [3.05, 3.63) is 54.1 Å². The van der Waals surface area contributed by atoms with Gasteiger partial charge in [0.2, 0.25) is 6.29 Å². The molecule has 1 heterocycles. The van der Waals surface area contributed by atoms with Crippen molar-refractivity contribution < 1.29 is 23.8 Å². The van der Waals surface area contributed by atoms with Crippen LogP contribution in [0.25, 0.3) is 0 Å². The minimum atomic E-state index is -1.06. The van der Waals surface area contributed by atoms with Crippen LogP contribution in [-0.2, 0) is 14.2 Å². The van der Waals surface area contributed by atoms with Crippen LogP contribution >= 0.6 is 0 Å². The molecule has 0 aliphatic carbocycles. The van der Waals surface area contributed by atoms with Crippen molar-refractivity contribution in [2.75, 3.05) is 6.61 Å². The van der Waals surface area contributed by atoms with Crippen LogP contribution in [0, 0.1) is 0 Å². The van der Waals surface area contributed by atoms with Crippen molar-refractivity contribution in [2.24, 2.45) is 0 Å². The van der Waals surface area contributed by atoms with Crippen molar-refractivity contribution in [3.8, 4) is 0 Å². The number of hydrogen-bond donors (Lipinski definition) is 0. The molecule has 7 nitrogen and oxygen atoms in total. The monoisotopic (exact) mass is 332 g/mol. The Kier molecular flexibility index (Phi) is 5.95. The lowest BCUT2D eigenvalue weighted by Crippen LogP contribution is -2.24. The maximum absolute atomic E-state index is 12.3. The van der Waals surface area contributed by atoms with Crippen molar-refractivity contribution in [3.63, 3.8) is 0 Å². The van der Waals surface area contributed by atoms with Gasteiger partial charge in [0.1, 0.15) is 5.69 Å². The molecule has 0 bridgehead atoms. The van der Waals surface area contributed by atoms with Gasteiger partial charge in [-0.2, -0.15) is 0 Å². The fourth-order valence-electron chi connectivity index (χ4n) is 2.19. The lowest BCUT2D eigenvalue weighted by Gasteiger charge is -2.18. The average molecular weight is 332 g/mol. The molecule has 1 unspecified atom stereocenters. The molecule has 128 valence electrons. The van der Waals surface area contributed by atoms with E-state index >= 15 is 0 Å². The van der Waals surface area contributed by atoms with E-state index < -0.39 is 18.4 Å². The van der Waals surface area contributed by atoms with Crippen LogP contribution in [0.3, 0.4) is 0 Å². The van der Waals surface area contributed by atoms with E-state index in [0.29, 0.717) is 0 Å². The molecule has 2 atom stereocenters. The predicted molar refractivity (Wildman–Crippen MR) is 85.5 cm³/mol.